The van der Waals surface area contributed by atoms with Crippen molar-refractivity contribution >= 4 is 17.5 Å². The first-order valence-corrected chi connectivity index (χ1v) is 7.95. The number of nitrogens with zero attached hydrogens (tertiary/aromatic N) is 1. The third kappa shape index (κ3) is 5.65. The lowest BCUT2D eigenvalue weighted by atomic mass is 10.1. The average Bonchev–Trinajstić information content (AvgIpc) is 2.48. The van der Waals surface area contributed by atoms with Gasteiger partial charge in [-0.25, -0.2) is 0 Å². The van der Waals surface area contributed by atoms with E-state index in [2.05, 4.69) is 15.5 Å². The van der Waals surface area contributed by atoms with Crippen LogP contribution in [0.15, 0.2) is 24.3 Å². The summed E-state index contributed by atoms with van der Waals surface area (Å²) in [6.45, 7) is 3.18. The summed E-state index contributed by atoms with van der Waals surface area (Å²) in [6, 6.07) is 8.23. The Kier molecular flexibility index (Phi) is 6.49. The molecule has 0 bridgehead atoms. The topological polar surface area (TPSA) is 44.4 Å². The van der Waals surface area contributed by atoms with E-state index in [1.54, 1.807) is 0 Å². The molecular formula is C16H24ClN3O. The van der Waals surface area contributed by atoms with Crippen molar-refractivity contribution in [3.63, 3.8) is 0 Å². The fraction of sp³-hybridized carbons (Fsp3) is 0.562. The maximum Gasteiger partial charge on any atom is 0.234 e. The summed E-state index contributed by atoms with van der Waals surface area (Å²) < 4.78 is 0. The van der Waals surface area contributed by atoms with Crippen LogP contribution in [0.25, 0.3) is 0 Å². The Morgan fingerprint density at radius 2 is 2.38 bits per heavy atom. The number of rotatable bonds is 6. The van der Waals surface area contributed by atoms with Crippen molar-refractivity contribution in [3.8, 4) is 0 Å². The Morgan fingerprint density at radius 3 is 3.10 bits per heavy atom. The van der Waals surface area contributed by atoms with Crippen LogP contribution < -0.4 is 10.6 Å². The Labute approximate surface area is 131 Å². The maximum absolute atomic E-state index is 12.0. The molecule has 2 rings (SSSR count). The van der Waals surface area contributed by atoms with Gasteiger partial charge >= 0.3 is 0 Å². The number of carbonyl (C=O) groups excluding carboxylic acids is 1. The highest BCUT2D eigenvalue weighted by molar-refractivity contribution is 6.30. The Balaban J connectivity index is 1.67. The number of likely N-dealkylation sites (N-methyl/N-ethyl adjacent to an activating group) is 1. The van der Waals surface area contributed by atoms with E-state index in [-0.39, 0.29) is 5.91 Å². The minimum Gasteiger partial charge on any atom is -0.355 e. The van der Waals surface area contributed by atoms with Crippen LogP contribution in [0.2, 0.25) is 5.02 Å². The molecule has 116 valence electrons. The summed E-state index contributed by atoms with van der Waals surface area (Å²) in [5, 5.41) is 7.09. The van der Waals surface area contributed by atoms with Crippen LogP contribution in [-0.2, 0) is 11.2 Å². The highest BCUT2D eigenvalue weighted by Crippen LogP contribution is 2.11. The highest BCUT2D eigenvalue weighted by atomic mass is 35.5. The van der Waals surface area contributed by atoms with Crippen LogP contribution in [0.5, 0.6) is 0 Å². The monoisotopic (exact) mass is 309 g/mol. The van der Waals surface area contributed by atoms with Crippen LogP contribution in [0.3, 0.4) is 0 Å². The summed E-state index contributed by atoms with van der Waals surface area (Å²) in [6.07, 6.45) is 3.16. The number of carbonyl (C=O) groups is 1. The SMILES string of the molecule is CN(CC(=O)NCCc1cccc(Cl)c1)C1CCCNC1. The van der Waals surface area contributed by atoms with E-state index < -0.39 is 0 Å². The van der Waals surface area contributed by atoms with E-state index in [1.807, 2.05) is 31.3 Å². The molecule has 1 unspecified atom stereocenters. The molecule has 0 aliphatic carbocycles. The van der Waals surface area contributed by atoms with Crippen molar-refractivity contribution in [3.05, 3.63) is 34.9 Å². The predicted molar refractivity (Wildman–Crippen MR) is 86.7 cm³/mol. The second-order valence-corrected chi connectivity index (χ2v) is 6.08. The number of amides is 1. The summed E-state index contributed by atoms with van der Waals surface area (Å²) in [7, 11) is 2.02. The van der Waals surface area contributed by atoms with Crippen LogP contribution >= 0.6 is 11.6 Å². The molecule has 1 fully saturated rings. The molecule has 1 aromatic rings. The zero-order chi connectivity index (χ0) is 15.1. The minimum absolute atomic E-state index is 0.0881. The smallest absolute Gasteiger partial charge is 0.234 e. The zero-order valence-electron chi connectivity index (χ0n) is 12.6. The molecule has 1 atom stereocenters. The van der Waals surface area contributed by atoms with Gasteiger partial charge in [0.2, 0.25) is 5.91 Å². The minimum atomic E-state index is 0.0881. The normalized spacial score (nSPS) is 18.7. The van der Waals surface area contributed by atoms with Crippen molar-refractivity contribution in [1.82, 2.24) is 15.5 Å². The molecular weight excluding hydrogens is 286 g/mol. The number of benzene rings is 1. The third-order valence-corrected chi connectivity index (χ3v) is 4.15. The molecule has 2 N–H and O–H groups in total. The van der Waals surface area contributed by atoms with Gasteiger partial charge in [-0.15, -0.1) is 0 Å². The van der Waals surface area contributed by atoms with E-state index in [1.165, 1.54) is 12.8 Å². The molecule has 1 heterocycles. The summed E-state index contributed by atoms with van der Waals surface area (Å²) in [4.78, 5) is 14.1. The highest BCUT2D eigenvalue weighted by Gasteiger charge is 2.19. The Hall–Kier alpha value is -1.10. The van der Waals surface area contributed by atoms with E-state index in [9.17, 15) is 4.79 Å². The molecule has 0 aromatic heterocycles. The summed E-state index contributed by atoms with van der Waals surface area (Å²) >= 11 is 5.94. The van der Waals surface area contributed by atoms with Crippen molar-refractivity contribution in [2.24, 2.45) is 0 Å². The van der Waals surface area contributed by atoms with E-state index in [4.69, 9.17) is 11.6 Å². The van der Waals surface area contributed by atoms with Gasteiger partial charge in [-0.1, -0.05) is 23.7 Å². The predicted octanol–water partition coefficient (Wildman–Crippen LogP) is 1.68. The van der Waals surface area contributed by atoms with Crippen molar-refractivity contribution in [1.29, 1.82) is 0 Å². The third-order valence-electron chi connectivity index (χ3n) is 3.91. The van der Waals surface area contributed by atoms with Crippen LogP contribution in [0, 0.1) is 0 Å². The van der Waals surface area contributed by atoms with Gasteiger partial charge in [0.1, 0.15) is 0 Å². The number of nitrogens with one attached hydrogen (secondary N) is 2. The van der Waals surface area contributed by atoms with Crippen LogP contribution in [-0.4, -0.2) is 50.1 Å². The number of halogens is 1. The van der Waals surface area contributed by atoms with Gasteiger partial charge in [0.25, 0.3) is 0 Å². The summed E-state index contributed by atoms with van der Waals surface area (Å²) in [5.74, 6) is 0.0881. The molecule has 5 heteroatoms. The quantitative estimate of drug-likeness (QED) is 0.840. The van der Waals surface area contributed by atoms with Crippen LogP contribution in [0.1, 0.15) is 18.4 Å². The molecule has 0 radical (unpaired) electrons. The lowest BCUT2D eigenvalue weighted by Crippen LogP contribution is -2.47. The van der Waals surface area contributed by atoms with Gasteiger partial charge in [-0.3, -0.25) is 9.69 Å². The number of hydrogen-bond acceptors (Lipinski definition) is 3. The largest absolute Gasteiger partial charge is 0.355 e. The Bertz CT molecular complexity index is 461. The van der Waals surface area contributed by atoms with Crippen LogP contribution in [0.4, 0.5) is 0 Å². The van der Waals surface area contributed by atoms with Gasteiger partial charge in [-0.05, 0) is 50.6 Å². The second-order valence-electron chi connectivity index (χ2n) is 5.65. The van der Waals surface area contributed by atoms with Gasteiger partial charge in [0.15, 0.2) is 0 Å². The lowest BCUT2D eigenvalue weighted by Gasteiger charge is -2.31. The molecule has 1 aliphatic rings. The Morgan fingerprint density at radius 1 is 1.52 bits per heavy atom. The average molecular weight is 310 g/mol. The van der Waals surface area contributed by atoms with Crippen molar-refractivity contribution in [2.45, 2.75) is 25.3 Å². The zero-order valence-corrected chi connectivity index (χ0v) is 13.3. The summed E-state index contributed by atoms with van der Waals surface area (Å²) in [5.41, 5.74) is 1.15. The van der Waals surface area contributed by atoms with E-state index >= 15 is 0 Å². The maximum atomic E-state index is 12.0. The fourth-order valence-corrected chi connectivity index (χ4v) is 2.87. The van der Waals surface area contributed by atoms with E-state index in [0.29, 0.717) is 19.1 Å². The van der Waals surface area contributed by atoms with Gasteiger partial charge in [-0.2, -0.15) is 0 Å². The first-order valence-electron chi connectivity index (χ1n) is 7.57. The number of hydrogen-bond donors (Lipinski definition) is 2. The molecule has 0 spiro atoms. The van der Waals surface area contributed by atoms with Crippen molar-refractivity contribution in [2.75, 3.05) is 33.2 Å². The van der Waals surface area contributed by atoms with E-state index in [0.717, 1.165) is 30.1 Å². The molecule has 0 saturated carbocycles. The van der Waals surface area contributed by atoms with Gasteiger partial charge in [0, 0.05) is 24.2 Å². The van der Waals surface area contributed by atoms with Gasteiger partial charge < -0.3 is 10.6 Å². The second kappa shape index (κ2) is 8.37. The lowest BCUT2D eigenvalue weighted by molar-refractivity contribution is -0.122. The molecule has 1 aromatic carbocycles. The number of piperidine rings is 1. The molecule has 1 saturated heterocycles. The molecule has 21 heavy (non-hydrogen) atoms. The standard InChI is InChI=1S/C16H24ClN3O/c1-20(15-6-3-8-18-11-15)12-16(21)19-9-7-13-4-2-5-14(17)10-13/h2,4-5,10,15,18H,3,6-9,11-12H2,1H3,(H,19,21). The van der Waals surface area contributed by atoms with Gasteiger partial charge in [0.05, 0.1) is 6.54 Å². The molecule has 1 aliphatic heterocycles. The first-order chi connectivity index (χ1) is 10.1. The fourth-order valence-electron chi connectivity index (χ4n) is 2.66. The molecule has 1 amide bonds. The van der Waals surface area contributed by atoms with Crippen molar-refractivity contribution < 1.29 is 4.79 Å². The first kappa shape index (κ1) is 16.3. The molecule has 4 nitrogen and oxygen atoms in total.